The molecule has 102 valence electrons. The molecule has 0 saturated carbocycles. The van der Waals surface area contributed by atoms with E-state index in [0.717, 1.165) is 17.7 Å². The first kappa shape index (κ1) is 16.5. The zero-order valence-corrected chi connectivity index (χ0v) is 10.6. The number of ether oxygens (including phenoxy) is 1. The molecule has 7 heteroatoms. The highest BCUT2D eigenvalue weighted by molar-refractivity contribution is 5.85. The largest absolute Gasteiger partial charge is 0.381 e. The van der Waals surface area contributed by atoms with Crippen LogP contribution in [0, 0.1) is 5.92 Å². The van der Waals surface area contributed by atoms with Gasteiger partial charge in [-0.3, -0.25) is 4.79 Å². The molecule has 2 N–H and O–H groups in total. The lowest BCUT2D eigenvalue weighted by atomic mass is 9.91. The van der Waals surface area contributed by atoms with Crippen molar-refractivity contribution in [3.8, 4) is 0 Å². The quantitative estimate of drug-likeness (QED) is 0.827. The zero-order chi connectivity index (χ0) is 12.1. The summed E-state index contributed by atoms with van der Waals surface area (Å²) in [6.07, 6.45) is -1.08. The minimum absolute atomic E-state index is 0. The fourth-order valence-electron chi connectivity index (χ4n) is 1.83. The van der Waals surface area contributed by atoms with E-state index in [1.807, 2.05) is 0 Å². The molecule has 1 fully saturated rings. The maximum absolute atomic E-state index is 12.1. The summed E-state index contributed by atoms with van der Waals surface area (Å²) < 4.78 is 29.3. The second-order valence-electron chi connectivity index (χ2n) is 4.09. The molecule has 0 aromatic heterocycles. The van der Waals surface area contributed by atoms with Crippen LogP contribution in [0.4, 0.5) is 8.78 Å². The van der Waals surface area contributed by atoms with Gasteiger partial charge in [-0.25, -0.2) is 8.78 Å². The summed E-state index contributed by atoms with van der Waals surface area (Å²) >= 11 is 0. The third kappa shape index (κ3) is 5.14. The highest BCUT2D eigenvalue weighted by atomic mass is 35.5. The van der Waals surface area contributed by atoms with Crippen LogP contribution in [0.2, 0.25) is 0 Å². The lowest BCUT2D eigenvalue weighted by molar-refractivity contribution is -0.135. The standard InChI is InChI=1S/C10H18F2N2O2.ClH/c1-14(6-8(11)12)10(15)9(13)7-2-4-16-5-3-7;/h7-9H,2-6,13H2,1H3;1H. The Hall–Kier alpha value is -0.460. The smallest absolute Gasteiger partial charge is 0.255 e. The molecule has 0 radical (unpaired) electrons. The predicted molar refractivity (Wildman–Crippen MR) is 62.4 cm³/mol. The first-order valence-corrected chi connectivity index (χ1v) is 5.39. The van der Waals surface area contributed by atoms with Gasteiger partial charge in [0.25, 0.3) is 6.43 Å². The average molecular weight is 273 g/mol. The summed E-state index contributed by atoms with van der Waals surface area (Å²) in [6.45, 7) is 0.615. The number of carbonyl (C=O) groups is 1. The minimum Gasteiger partial charge on any atom is -0.381 e. The highest BCUT2D eigenvalue weighted by Gasteiger charge is 2.29. The Kier molecular flexibility index (Phi) is 7.58. The SMILES string of the molecule is CN(CC(F)F)C(=O)C(N)C1CCOCC1.Cl. The molecule has 0 spiro atoms. The van der Waals surface area contributed by atoms with Gasteiger partial charge in [0, 0.05) is 20.3 Å². The predicted octanol–water partition coefficient (Wildman–Crippen LogP) is 0.886. The molecule has 17 heavy (non-hydrogen) atoms. The van der Waals surface area contributed by atoms with Gasteiger partial charge in [0.2, 0.25) is 5.91 Å². The second-order valence-corrected chi connectivity index (χ2v) is 4.09. The van der Waals surface area contributed by atoms with Gasteiger partial charge < -0.3 is 15.4 Å². The number of hydrogen-bond acceptors (Lipinski definition) is 3. The van der Waals surface area contributed by atoms with Gasteiger partial charge in [-0.1, -0.05) is 0 Å². The Labute approximate surface area is 106 Å². The number of likely N-dealkylation sites (N-methyl/N-ethyl adjacent to an activating group) is 1. The number of hydrogen-bond donors (Lipinski definition) is 1. The van der Waals surface area contributed by atoms with E-state index in [2.05, 4.69) is 0 Å². The normalized spacial score (nSPS) is 18.6. The van der Waals surface area contributed by atoms with Crippen LogP contribution in [0.5, 0.6) is 0 Å². The van der Waals surface area contributed by atoms with Gasteiger partial charge in [-0.2, -0.15) is 0 Å². The van der Waals surface area contributed by atoms with Gasteiger partial charge in [-0.05, 0) is 18.8 Å². The Morgan fingerprint density at radius 2 is 2.00 bits per heavy atom. The average Bonchev–Trinajstić information content (AvgIpc) is 2.27. The van der Waals surface area contributed by atoms with Crippen LogP contribution in [0.3, 0.4) is 0 Å². The Bertz CT molecular complexity index is 238. The zero-order valence-electron chi connectivity index (χ0n) is 9.77. The van der Waals surface area contributed by atoms with E-state index in [9.17, 15) is 13.6 Å². The van der Waals surface area contributed by atoms with Gasteiger partial charge in [0.05, 0.1) is 12.6 Å². The summed E-state index contributed by atoms with van der Waals surface area (Å²) in [5.41, 5.74) is 5.78. The number of nitrogens with two attached hydrogens (primary N) is 1. The fourth-order valence-corrected chi connectivity index (χ4v) is 1.83. The number of alkyl halides is 2. The summed E-state index contributed by atoms with van der Waals surface area (Å²) in [7, 11) is 1.35. The van der Waals surface area contributed by atoms with Crippen molar-refractivity contribution < 1.29 is 18.3 Å². The van der Waals surface area contributed by atoms with Crippen LogP contribution in [0.15, 0.2) is 0 Å². The first-order chi connectivity index (χ1) is 7.52. The molecular weight excluding hydrogens is 254 g/mol. The van der Waals surface area contributed by atoms with Crippen LogP contribution in [-0.2, 0) is 9.53 Å². The number of nitrogens with zero attached hydrogens (tertiary/aromatic N) is 1. The third-order valence-electron chi connectivity index (χ3n) is 2.85. The van der Waals surface area contributed by atoms with E-state index in [4.69, 9.17) is 10.5 Å². The van der Waals surface area contributed by atoms with Gasteiger partial charge in [0.1, 0.15) is 0 Å². The Balaban J connectivity index is 0.00000256. The van der Waals surface area contributed by atoms with Gasteiger partial charge in [-0.15, -0.1) is 12.4 Å². The summed E-state index contributed by atoms with van der Waals surface area (Å²) in [5, 5.41) is 0. The van der Waals surface area contributed by atoms with Crippen molar-refractivity contribution in [3.05, 3.63) is 0 Å². The van der Waals surface area contributed by atoms with E-state index in [-0.39, 0.29) is 18.3 Å². The van der Waals surface area contributed by atoms with Gasteiger partial charge in [0.15, 0.2) is 0 Å². The van der Waals surface area contributed by atoms with Crippen molar-refractivity contribution in [1.29, 1.82) is 0 Å². The number of halogens is 3. The molecule has 1 heterocycles. The number of carbonyl (C=O) groups excluding carboxylic acids is 1. The van der Waals surface area contributed by atoms with E-state index in [1.54, 1.807) is 0 Å². The summed E-state index contributed by atoms with van der Waals surface area (Å²) in [6, 6.07) is -0.687. The van der Waals surface area contributed by atoms with E-state index < -0.39 is 24.9 Å². The molecule has 1 unspecified atom stereocenters. The topological polar surface area (TPSA) is 55.6 Å². The van der Waals surface area contributed by atoms with Crippen LogP contribution in [-0.4, -0.2) is 50.1 Å². The molecule has 0 bridgehead atoms. The molecule has 0 aliphatic carbocycles. The molecule has 1 aliphatic rings. The van der Waals surface area contributed by atoms with Crippen molar-refractivity contribution in [2.24, 2.45) is 11.7 Å². The monoisotopic (exact) mass is 272 g/mol. The fraction of sp³-hybridized carbons (Fsp3) is 0.900. The van der Waals surface area contributed by atoms with Crippen LogP contribution >= 0.6 is 12.4 Å². The van der Waals surface area contributed by atoms with Crippen molar-refractivity contribution in [1.82, 2.24) is 4.90 Å². The summed E-state index contributed by atoms with van der Waals surface area (Å²) in [4.78, 5) is 12.7. The minimum atomic E-state index is -2.52. The van der Waals surface area contributed by atoms with Crippen LogP contribution < -0.4 is 5.73 Å². The van der Waals surface area contributed by atoms with E-state index >= 15 is 0 Å². The summed E-state index contributed by atoms with van der Waals surface area (Å²) in [5.74, 6) is -0.367. The number of rotatable bonds is 4. The van der Waals surface area contributed by atoms with Gasteiger partial charge >= 0.3 is 0 Å². The lowest BCUT2D eigenvalue weighted by Crippen LogP contribution is -2.48. The molecule has 1 atom stereocenters. The third-order valence-corrected chi connectivity index (χ3v) is 2.85. The molecule has 0 aromatic carbocycles. The van der Waals surface area contributed by atoms with Crippen LogP contribution in [0.1, 0.15) is 12.8 Å². The lowest BCUT2D eigenvalue weighted by Gasteiger charge is -2.29. The van der Waals surface area contributed by atoms with Crippen molar-refractivity contribution in [2.75, 3.05) is 26.8 Å². The second kappa shape index (κ2) is 7.79. The van der Waals surface area contributed by atoms with E-state index in [1.165, 1.54) is 7.05 Å². The molecule has 4 nitrogen and oxygen atoms in total. The molecule has 1 saturated heterocycles. The molecule has 1 rings (SSSR count). The molecule has 0 aromatic rings. The number of amides is 1. The Morgan fingerprint density at radius 1 is 1.47 bits per heavy atom. The maximum Gasteiger partial charge on any atom is 0.255 e. The highest BCUT2D eigenvalue weighted by Crippen LogP contribution is 2.18. The molecule has 1 aliphatic heterocycles. The van der Waals surface area contributed by atoms with Crippen molar-refractivity contribution >= 4 is 18.3 Å². The van der Waals surface area contributed by atoms with Crippen molar-refractivity contribution in [3.63, 3.8) is 0 Å². The van der Waals surface area contributed by atoms with Crippen molar-refractivity contribution in [2.45, 2.75) is 25.3 Å². The first-order valence-electron chi connectivity index (χ1n) is 5.39. The maximum atomic E-state index is 12.1. The Morgan fingerprint density at radius 3 is 2.47 bits per heavy atom. The van der Waals surface area contributed by atoms with E-state index in [0.29, 0.717) is 13.2 Å². The van der Waals surface area contributed by atoms with Crippen LogP contribution in [0.25, 0.3) is 0 Å². The molecular formula is C10H19ClF2N2O2. The molecule has 1 amide bonds.